The minimum Gasteiger partial charge on any atom is -0.349 e. The van der Waals surface area contributed by atoms with Gasteiger partial charge in [-0.3, -0.25) is 9.59 Å². The van der Waals surface area contributed by atoms with Crippen molar-refractivity contribution in [2.75, 3.05) is 39.8 Å². The van der Waals surface area contributed by atoms with Gasteiger partial charge in [-0.05, 0) is 19.1 Å². The SMILES string of the molecule is Cc1csc(CC(=O)N2CCN(C(=O)CN(C)C3=NS(=O)(=O)c4ccccc43)CC2)n1. The standard InChI is InChI=1S/C20H23N5O4S2/c1-14-13-30-17(21-14)11-18(26)24-7-9-25(10-8-24)19(27)12-23(2)20-15-5-3-4-6-16(15)31(28,29)22-20/h3-6,13H,7-12H2,1-2H3. The number of carbonyl (C=O) groups excluding carboxylic acids is 2. The van der Waals surface area contributed by atoms with Crippen LogP contribution in [0.5, 0.6) is 0 Å². The Morgan fingerprint density at radius 1 is 1.10 bits per heavy atom. The van der Waals surface area contributed by atoms with E-state index in [9.17, 15) is 18.0 Å². The van der Waals surface area contributed by atoms with Crippen molar-refractivity contribution in [1.29, 1.82) is 0 Å². The van der Waals surface area contributed by atoms with Crippen LogP contribution in [0.2, 0.25) is 0 Å². The number of aryl methyl sites for hydroxylation is 1. The third-order valence-corrected chi connectivity index (χ3v) is 7.59. The van der Waals surface area contributed by atoms with Gasteiger partial charge in [-0.25, -0.2) is 4.98 Å². The summed E-state index contributed by atoms with van der Waals surface area (Å²) < 4.78 is 28.3. The van der Waals surface area contributed by atoms with Crippen molar-refractivity contribution in [2.45, 2.75) is 18.2 Å². The minimum absolute atomic E-state index is 0.00895. The average Bonchev–Trinajstić information content (AvgIpc) is 3.28. The Morgan fingerprint density at radius 3 is 2.39 bits per heavy atom. The van der Waals surface area contributed by atoms with E-state index in [4.69, 9.17) is 0 Å². The number of thiazole rings is 1. The van der Waals surface area contributed by atoms with Gasteiger partial charge in [0.1, 0.15) is 9.90 Å². The summed E-state index contributed by atoms with van der Waals surface area (Å²) >= 11 is 1.48. The van der Waals surface area contributed by atoms with Gasteiger partial charge < -0.3 is 14.7 Å². The first-order valence-electron chi connectivity index (χ1n) is 9.86. The molecule has 1 fully saturated rings. The summed E-state index contributed by atoms with van der Waals surface area (Å²) in [5, 5.41) is 2.73. The number of aromatic nitrogens is 1. The summed E-state index contributed by atoms with van der Waals surface area (Å²) in [5.41, 5.74) is 1.42. The molecule has 4 rings (SSSR count). The number of amidine groups is 1. The number of carbonyl (C=O) groups is 2. The molecule has 0 N–H and O–H groups in total. The van der Waals surface area contributed by atoms with Crippen LogP contribution in [0, 0.1) is 6.92 Å². The van der Waals surface area contributed by atoms with Gasteiger partial charge in [0, 0.05) is 49.9 Å². The second-order valence-electron chi connectivity index (χ2n) is 7.56. The molecule has 2 aliphatic rings. The van der Waals surface area contributed by atoms with Crippen LogP contribution in [0.1, 0.15) is 16.3 Å². The molecule has 0 spiro atoms. The van der Waals surface area contributed by atoms with E-state index in [0.29, 0.717) is 31.7 Å². The number of likely N-dealkylation sites (N-methyl/N-ethyl adjacent to an activating group) is 1. The first-order chi connectivity index (χ1) is 14.7. The van der Waals surface area contributed by atoms with Crippen molar-refractivity contribution in [3.8, 4) is 0 Å². The van der Waals surface area contributed by atoms with Gasteiger partial charge in [0.15, 0.2) is 5.84 Å². The molecule has 1 saturated heterocycles. The molecule has 31 heavy (non-hydrogen) atoms. The Labute approximate surface area is 185 Å². The van der Waals surface area contributed by atoms with E-state index in [1.807, 2.05) is 12.3 Å². The van der Waals surface area contributed by atoms with Crippen LogP contribution >= 0.6 is 11.3 Å². The van der Waals surface area contributed by atoms with Crippen LogP contribution in [-0.4, -0.2) is 85.5 Å². The Hall–Kier alpha value is -2.79. The van der Waals surface area contributed by atoms with Gasteiger partial charge in [0.2, 0.25) is 11.8 Å². The van der Waals surface area contributed by atoms with Crippen LogP contribution in [0.4, 0.5) is 0 Å². The van der Waals surface area contributed by atoms with Crippen LogP contribution < -0.4 is 0 Å². The fraction of sp³-hybridized carbons (Fsp3) is 0.400. The lowest BCUT2D eigenvalue weighted by Gasteiger charge is -2.35. The maximum absolute atomic E-state index is 12.8. The molecule has 0 saturated carbocycles. The first kappa shape index (κ1) is 21.4. The molecular weight excluding hydrogens is 438 g/mol. The second-order valence-corrected chi connectivity index (χ2v) is 10.1. The van der Waals surface area contributed by atoms with Crippen LogP contribution in [-0.2, 0) is 26.0 Å². The highest BCUT2D eigenvalue weighted by molar-refractivity contribution is 7.90. The molecule has 2 aliphatic heterocycles. The third-order valence-electron chi connectivity index (χ3n) is 5.30. The molecule has 164 valence electrons. The molecule has 0 unspecified atom stereocenters. The number of fused-ring (bicyclic) bond motifs is 1. The molecule has 9 nitrogen and oxygen atoms in total. The normalized spacial score (nSPS) is 17.3. The van der Waals surface area contributed by atoms with E-state index in [-0.39, 0.29) is 35.5 Å². The molecule has 1 aromatic heterocycles. The summed E-state index contributed by atoms with van der Waals surface area (Å²) in [4.78, 5) is 34.8. The molecule has 0 bridgehead atoms. The molecule has 0 atom stereocenters. The minimum atomic E-state index is -3.73. The van der Waals surface area contributed by atoms with E-state index in [0.717, 1.165) is 10.7 Å². The zero-order valence-electron chi connectivity index (χ0n) is 17.3. The molecule has 3 heterocycles. The van der Waals surface area contributed by atoms with Crippen molar-refractivity contribution in [3.63, 3.8) is 0 Å². The third kappa shape index (κ3) is 4.47. The maximum atomic E-state index is 12.8. The fourth-order valence-electron chi connectivity index (χ4n) is 3.67. The quantitative estimate of drug-likeness (QED) is 0.666. The zero-order valence-corrected chi connectivity index (χ0v) is 18.9. The number of nitrogens with zero attached hydrogens (tertiary/aromatic N) is 5. The highest BCUT2D eigenvalue weighted by atomic mass is 32.2. The van der Waals surface area contributed by atoms with Crippen molar-refractivity contribution < 1.29 is 18.0 Å². The summed E-state index contributed by atoms with van der Waals surface area (Å²) in [5.74, 6) is 0.159. The van der Waals surface area contributed by atoms with Gasteiger partial charge in [-0.15, -0.1) is 15.7 Å². The number of hydrogen-bond acceptors (Lipinski definition) is 7. The lowest BCUT2D eigenvalue weighted by atomic mass is 10.2. The van der Waals surface area contributed by atoms with Crippen molar-refractivity contribution in [1.82, 2.24) is 19.7 Å². The predicted octanol–water partition coefficient (Wildman–Crippen LogP) is 0.746. The molecule has 11 heteroatoms. The smallest absolute Gasteiger partial charge is 0.285 e. The van der Waals surface area contributed by atoms with Crippen LogP contribution in [0.3, 0.4) is 0 Å². The van der Waals surface area contributed by atoms with Gasteiger partial charge in [0.05, 0.1) is 13.0 Å². The van der Waals surface area contributed by atoms with Crippen LogP contribution in [0.25, 0.3) is 0 Å². The van der Waals surface area contributed by atoms with Gasteiger partial charge in [-0.1, -0.05) is 12.1 Å². The first-order valence-corrected chi connectivity index (χ1v) is 12.2. The molecule has 2 aromatic rings. The lowest BCUT2D eigenvalue weighted by Crippen LogP contribution is -2.53. The number of sulfonamides is 1. The lowest BCUT2D eigenvalue weighted by molar-refractivity contribution is -0.139. The van der Waals surface area contributed by atoms with Crippen molar-refractivity contribution >= 4 is 39.0 Å². The maximum Gasteiger partial charge on any atom is 0.285 e. The predicted molar refractivity (Wildman–Crippen MR) is 117 cm³/mol. The number of benzene rings is 1. The average molecular weight is 462 g/mol. The Balaban J connectivity index is 1.33. The summed E-state index contributed by atoms with van der Waals surface area (Å²) in [6.07, 6.45) is 0.281. The summed E-state index contributed by atoms with van der Waals surface area (Å²) in [7, 11) is -2.07. The van der Waals surface area contributed by atoms with Gasteiger partial charge in [0.25, 0.3) is 10.0 Å². The van der Waals surface area contributed by atoms with Gasteiger partial charge >= 0.3 is 0 Å². The van der Waals surface area contributed by atoms with E-state index < -0.39 is 10.0 Å². The van der Waals surface area contributed by atoms with Crippen LogP contribution in [0.15, 0.2) is 38.9 Å². The number of amides is 2. The highest BCUT2D eigenvalue weighted by Crippen LogP contribution is 2.27. The van der Waals surface area contributed by atoms with Gasteiger partial charge in [-0.2, -0.15) is 8.42 Å². The molecule has 0 radical (unpaired) electrons. The summed E-state index contributed by atoms with van der Waals surface area (Å²) in [6, 6.07) is 6.60. The largest absolute Gasteiger partial charge is 0.349 e. The van der Waals surface area contributed by atoms with Crippen molar-refractivity contribution in [2.24, 2.45) is 4.40 Å². The molecule has 0 aliphatic carbocycles. The highest BCUT2D eigenvalue weighted by Gasteiger charge is 2.32. The topological polar surface area (TPSA) is 103 Å². The fourth-order valence-corrected chi connectivity index (χ4v) is 5.69. The van der Waals surface area contributed by atoms with E-state index in [2.05, 4.69) is 9.38 Å². The van der Waals surface area contributed by atoms with Crippen molar-refractivity contribution in [3.05, 3.63) is 45.9 Å². The Morgan fingerprint density at radius 2 is 1.74 bits per heavy atom. The zero-order chi connectivity index (χ0) is 22.2. The number of hydrogen-bond donors (Lipinski definition) is 0. The molecular formula is C20H23N5O4S2. The number of rotatable bonds is 4. The second kappa shape index (κ2) is 8.39. The monoisotopic (exact) mass is 461 g/mol. The molecule has 2 amide bonds. The summed E-state index contributed by atoms with van der Waals surface area (Å²) in [6.45, 7) is 3.73. The number of piperazine rings is 1. The van der Waals surface area contributed by atoms with E-state index in [1.165, 1.54) is 17.4 Å². The van der Waals surface area contributed by atoms with E-state index >= 15 is 0 Å². The Bertz CT molecular complexity index is 1150. The Kier molecular flexibility index (Phi) is 5.80. The van der Waals surface area contributed by atoms with E-state index in [1.54, 1.807) is 39.9 Å². The molecule has 1 aromatic carbocycles.